The van der Waals surface area contributed by atoms with Crippen LogP contribution >= 0.6 is 0 Å². The van der Waals surface area contributed by atoms with Crippen molar-refractivity contribution < 1.29 is 4.74 Å². The first-order valence-electron chi connectivity index (χ1n) is 8.26. The summed E-state index contributed by atoms with van der Waals surface area (Å²) in [4.78, 5) is 25.1. The Hall–Kier alpha value is -3.08. The van der Waals surface area contributed by atoms with Gasteiger partial charge in [0.25, 0.3) is 5.56 Å². The highest BCUT2D eigenvalue weighted by atomic mass is 16.5. The molecule has 0 aliphatic rings. The molecule has 3 aromatic rings. The Morgan fingerprint density at radius 2 is 1.72 bits per heavy atom. The van der Waals surface area contributed by atoms with Crippen molar-refractivity contribution in [3.8, 4) is 5.75 Å². The van der Waals surface area contributed by atoms with E-state index in [0.29, 0.717) is 13.2 Å². The van der Waals surface area contributed by atoms with Crippen molar-refractivity contribution in [2.75, 3.05) is 6.61 Å². The van der Waals surface area contributed by atoms with Crippen LogP contribution in [0.25, 0.3) is 0 Å². The summed E-state index contributed by atoms with van der Waals surface area (Å²) in [6.45, 7) is 1.02. The number of aromatic amines is 1. The van der Waals surface area contributed by atoms with Crippen LogP contribution in [-0.2, 0) is 13.0 Å². The molecule has 0 saturated carbocycles. The Labute approximate surface area is 145 Å². The van der Waals surface area contributed by atoms with Gasteiger partial charge in [-0.15, -0.1) is 0 Å². The Balaban J connectivity index is 1.56. The van der Waals surface area contributed by atoms with Gasteiger partial charge in [0.1, 0.15) is 5.75 Å². The summed E-state index contributed by atoms with van der Waals surface area (Å²) in [7, 11) is 0. The molecule has 0 aliphatic carbocycles. The molecular formula is C20H20N2O3. The summed E-state index contributed by atoms with van der Waals surface area (Å²) in [5, 5.41) is 0. The molecule has 0 atom stereocenters. The average Bonchev–Trinajstić information content (AvgIpc) is 2.62. The molecule has 5 heteroatoms. The number of hydrogen-bond donors (Lipinski definition) is 1. The predicted molar refractivity (Wildman–Crippen MR) is 97.1 cm³/mol. The van der Waals surface area contributed by atoms with Gasteiger partial charge in [0.15, 0.2) is 0 Å². The molecule has 0 spiro atoms. The van der Waals surface area contributed by atoms with Crippen LogP contribution in [0, 0.1) is 0 Å². The van der Waals surface area contributed by atoms with E-state index in [2.05, 4.69) is 17.1 Å². The molecule has 0 radical (unpaired) electrons. The highest BCUT2D eigenvalue weighted by Gasteiger charge is 2.01. The molecule has 1 N–H and O–H groups in total. The average molecular weight is 336 g/mol. The van der Waals surface area contributed by atoms with Gasteiger partial charge >= 0.3 is 5.69 Å². The number of ether oxygens (including phenoxy) is 1. The van der Waals surface area contributed by atoms with Crippen LogP contribution in [0.5, 0.6) is 5.75 Å². The molecule has 0 saturated heterocycles. The zero-order valence-corrected chi connectivity index (χ0v) is 13.9. The minimum Gasteiger partial charge on any atom is -0.494 e. The molecule has 1 heterocycles. The molecule has 5 nitrogen and oxygen atoms in total. The second kappa shape index (κ2) is 8.15. The lowest BCUT2D eigenvalue weighted by Gasteiger charge is -2.09. The van der Waals surface area contributed by atoms with Crippen molar-refractivity contribution in [3.63, 3.8) is 0 Å². The van der Waals surface area contributed by atoms with Crippen molar-refractivity contribution in [3.05, 3.63) is 98.8 Å². The lowest BCUT2D eigenvalue weighted by Crippen LogP contribution is -2.28. The summed E-state index contributed by atoms with van der Waals surface area (Å²) < 4.78 is 7.26. The van der Waals surface area contributed by atoms with Gasteiger partial charge in [-0.25, -0.2) is 4.79 Å². The quantitative estimate of drug-likeness (QED) is 0.675. The number of nitrogens with one attached hydrogen (secondary N) is 1. The van der Waals surface area contributed by atoms with E-state index in [4.69, 9.17) is 4.74 Å². The van der Waals surface area contributed by atoms with Crippen LogP contribution in [0.3, 0.4) is 0 Å². The van der Waals surface area contributed by atoms with Crippen LogP contribution in [0.15, 0.2) is 76.4 Å². The van der Waals surface area contributed by atoms with Crippen LogP contribution in [0.2, 0.25) is 0 Å². The summed E-state index contributed by atoms with van der Waals surface area (Å²) >= 11 is 0. The molecule has 3 rings (SSSR count). The second-order valence-electron chi connectivity index (χ2n) is 5.82. The second-order valence-corrected chi connectivity index (χ2v) is 5.82. The number of H-pyrrole nitrogens is 1. The van der Waals surface area contributed by atoms with Crippen LogP contribution in [0.4, 0.5) is 0 Å². The molecular weight excluding hydrogens is 316 g/mol. The molecule has 2 aromatic carbocycles. The first-order chi connectivity index (χ1) is 12.2. The van der Waals surface area contributed by atoms with Crippen molar-refractivity contribution >= 4 is 0 Å². The summed E-state index contributed by atoms with van der Waals surface area (Å²) in [5.74, 6) is 0.781. The van der Waals surface area contributed by atoms with Gasteiger partial charge in [-0.2, -0.15) is 0 Å². The zero-order chi connectivity index (χ0) is 17.5. The van der Waals surface area contributed by atoms with E-state index >= 15 is 0 Å². The highest BCUT2D eigenvalue weighted by Crippen LogP contribution is 2.14. The number of aryl methyl sites for hydroxylation is 1. The van der Waals surface area contributed by atoms with Gasteiger partial charge in [0.2, 0.25) is 0 Å². The first-order valence-corrected chi connectivity index (χ1v) is 8.26. The van der Waals surface area contributed by atoms with Gasteiger partial charge in [-0.3, -0.25) is 14.3 Å². The van der Waals surface area contributed by atoms with E-state index in [9.17, 15) is 9.59 Å². The SMILES string of the molecule is O=c1ccn(Cc2cccc(OCCCc3ccccc3)c2)c(=O)[nH]1. The molecule has 128 valence electrons. The number of rotatable bonds is 7. The van der Waals surface area contributed by atoms with Crippen molar-refractivity contribution in [1.82, 2.24) is 9.55 Å². The fourth-order valence-corrected chi connectivity index (χ4v) is 2.61. The van der Waals surface area contributed by atoms with Crippen LogP contribution in [-0.4, -0.2) is 16.2 Å². The van der Waals surface area contributed by atoms with Gasteiger partial charge in [0, 0.05) is 12.3 Å². The molecule has 0 bridgehead atoms. The van der Waals surface area contributed by atoms with E-state index in [1.54, 1.807) is 0 Å². The lowest BCUT2D eigenvalue weighted by molar-refractivity contribution is 0.310. The normalized spacial score (nSPS) is 10.6. The molecule has 25 heavy (non-hydrogen) atoms. The Bertz CT molecular complexity index is 929. The standard InChI is InChI=1S/C20H20N2O3/c23-19-11-12-22(20(24)21-19)15-17-8-4-10-18(14-17)25-13-5-9-16-6-2-1-3-7-16/h1-4,6-8,10-12,14H,5,9,13,15H2,(H,21,23,24). The van der Waals surface area contributed by atoms with Crippen LogP contribution in [0.1, 0.15) is 17.5 Å². The fourth-order valence-electron chi connectivity index (χ4n) is 2.61. The van der Waals surface area contributed by atoms with Gasteiger partial charge in [0.05, 0.1) is 13.2 Å². The van der Waals surface area contributed by atoms with E-state index in [-0.39, 0.29) is 0 Å². The highest BCUT2D eigenvalue weighted by molar-refractivity contribution is 5.28. The van der Waals surface area contributed by atoms with E-state index in [0.717, 1.165) is 24.2 Å². The van der Waals surface area contributed by atoms with Gasteiger partial charge < -0.3 is 4.74 Å². The van der Waals surface area contributed by atoms with Gasteiger partial charge in [-0.05, 0) is 36.1 Å². The first kappa shape index (κ1) is 16.8. The van der Waals surface area contributed by atoms with Crippen molar-refractivity contribution in [2.45, 2.75) is 19.4 Å². The van der Waals surface area contributed by atoms with E-state index in [1.165, 1.54) is 22.4 Å². The minimum atomic E-state index is -0.415. The number of hydrogen-bond acceptors (Lipinski definition) is 3. The zero-order valence-electron chi connectivity index (χ0n) is 13.9. The van der Waals surface area contributed by atoms with Crippen LogP contribution < -0.4 is 16.0 Å². The van der Waals surface area contributed by atoms with E-state index < -0.39 is 11.2 Å². The van der Waals surface area contributed by atoms with E-state index in [1.807, 2.05) is 42.5 Å². The largest absolute Gasteiger partial charge is 0.494 e. The number of benzene rings is 2. The summed E-state index contributed by atoms with van der Waals surface area (Å²) in [5.41, 5.74) is 1.44. The third-order valence-corrected chi connectivity index (χ3v) is 3.87. The maximum absolute atomic E-state index is 11.8. The monoisotopic (exact) mass is 336 g/mol. The summed E-state index contributed by atoms with van der Waals surface area (Å²) in [6, 6.07) is 19.3. The Morgan fingerprint density at radius 1 is 0.920 bits per heavy atom. The fraction of sp³-hybridized carbons (Fsp3) is 0.200. The maximum atomic E-state index is 11.8. The molecule has 0 aliphatic heterocycles. The topological polar surface area (TPSA) is 64.1 Å². The minimum absolute atomic E-state index is 0.386. The molecule has 0 unspecified atom stereocenters. The van der Waals surface area contributed by atoms with Crippen molar-refractivity contribution in [1.29, 1.82) is 0 Å². The molecule has 1 aromatic heterocycles. The third-order valence-electron chi connectivity index (χ3n) is 3.87. The molecule has 0 amide bonds. The summed E-state index contributed by atoms with van der Waals surface area (Å²) in [6.07, 6.45) is 3.41. The smallest absolute Gasteiger partial charge is 0.328 e. The Morgan fingerprint density at radius 3 is 2.52 bits per heavy atom. The predicted octanol–water partition coefficient (Wildman–Crippen LogP) is 2.60. The molecule has 0 fully saturated rings. The number of aromatic nitrogens is 2. The lowest BCUT2D eigenvalue weighted by atomic mass is 10.1. The van der Waals surface area contributed by atoms with Crippen molar-refractivity contribution in [2.24, 2.45) is 0 Å². The number of nitrogens with zero attached hydrogens (tertiary/aromatic N) is 1. The van der Waals surface area contributed by atoms with Gasteiger partial charge in [-0.1, -0.05) is 42.5 Å². The maximum Gasteiger partial charge on any atom is 0.328 e. The third kappa shape index (κ3) is 4.94. The Kier molecular flexibility index (Phi) is 5.46.